The molecule has 0 bridgehead atoms. The van der Waals surface area contributed by atoms with E-state index in [0.29, 0.717) is 22.0 Å². The van der Waals surface area contributed by atoms with Crippen LogP contribution >= 0.6 is 11.3 Å². The molecule has 2 amide bonds. The number of rotatable bonds is 5. The molecule has 1 aliphatic heterocycles. The van der Waals surface area contributed by atoms with Gasteiger partial charge in [0.15, 0.2) is 5.13 Å². The molecule has 1 aromatic heterocycles. The van der Waals surface area contributed by atoms with Crippen LogP contribution in [0.2, 0.25) is 0 Å². The average molecular weight is 456 g/mol. The molecule has 2 heterocycles. The van der Waals surface area contributed by atoms with E-state index in [1.165, 1.54) is 23.2 Å². The van der Waals surface area contributed by atoms with Crippen LogP contribution < -0.4 is 4.90 Å². The summed E-state index contributed by atoms with van der Waals surface area (Å²) in [6, 6.07) is 14.3. The topological polar surface area (TPSA) is 87.7 Å². The third-order valence-corrected chi connectivity index (χ3v) is 7.63. The zero-order chi connectivity index (χ0) is 22.2. The minimum atomic E-state index is -3.81. The molecule has 0 spiro atoms. The van der Waals surface area contributed by atoms with E-state index in [-0.39, 0.29) is 18.2 Å². The monoisotopic (exact) mass is 455 g/mol. The fraction of sp³-hybridized carbons (Fsp3) is 0.227. The van der Waals surface area contributed by atoms with Gasteiger partial charge in [0, 0.05) is 17.9 Å². The molecular formula is C22H21N3O4S2. The lowest BCUT2D eigenvalue weighted by Gasteiger charge is -2.27. The average Bonchev–Trinajstić information content (AvgIpc) is 3.19. The van der Waals surface area contributed by atoms with Crippen LogP contribution in [0.15, 0.2) is 53.9 Å². The van der Waals surface area contributed by atoms with E-state index in [1.54, 1.807) is 29.6 Å². The number of nitrogens with zero attached hydrogens (tertiary/aromatic N) is 3. The maximum absolute atomic E-state index is 12.8. The molecule has 0 radical (unpaired) electrons. The van der Waals surface area contributed by atoms with E-state index >= 15 is 0 Å². The number of hydrogen-bond acceptors (Lipinski definition) is 6. The minimum absolute atomic E-state index is 0.173. The smallest absolute Gasteiger partial charge is 0.268 e. The standard InChI is InChI=1S/C22H21N3O4S2/c1-3-16-8-5-7-11-20(16)25(15(2)26)22-23-18(13-30-22)12-24-21(27)19-10-6-4-9-17(19)14-31(24,28)29/h4-11,13H,3,12,14H2,1-2H3. The van der Waals surface area contributed by atoms with Crippen molar-refractivity contribution in [3.63, 3.8) is 0 Å². The molecule has 31 heavy (non-hydrogen) atoms. The molecule has 0 saturated carbocycles. The fourth-order valence-corrected chi connectivity index (χ4v) is 5.97. The normalized spacial score (nSPS) is 14.9. The Morgan fingerprint density at radius 1 is 1.16 bits per heavy atom. The second kappa shape index (κ2) is 8.24. The van der Waals surface area contributed by atoms with Gasteiger partial charge in [0.2, 0.25) is 15.9 Å². The van der Waals surface area contributed by atoms with E-state index < -0.39 is 15.9 Å². The highest BCUT2D eigenvalue weighted by Gasteiger charge is 2.36. The first-order valence-corrected chi connectivity index (χ1v) is 12.3. The predicted molar refractivity (Wildman–Crippen MR) is 120 cm³/mol. The summed E-state index contributed by atoms with van der Waals surface area (Å²) in [6.07, 6.45) is 0.748. The van der Waals surface area contributed by atoms with Crippen LogP contribution in [0.1, 0.15) is 41.0 Å². The van der Waals surface area contributed by atoms with Crippen molar-refractivity contribution in [1.82, 2.24) is 9.29 Å². The van der Waals surface area contributed by atoms with Crippen LogP contribution in [0.3, 0.4) is 0 Å². The van der Waals surface area contributed by atoms with Crippen molar-refractivity contribution in [2.45, 2.75) is 32.6 Å². The van der Waals surface area contributed by atoms with Crippen molar-refractivity contribution >= 4 is 44.0 Å². The third kappa shape index (κ3) is 3.98. The van der Waals surface area contributed by atoms with E-state index in [9.17, 15) is 18.0 Å². The Labute approximate surface area is 185 Å². The van der Waals surface area contributed by atoms with Crippen molar-refractivity contribution in [2.75, 3.05) is 4.90 Å². The number of anilines is 2. The number of thiazole rings is 1. The Bertz CT molecular complexity index is 1270. The number of benzene rings is 2. The van der Waals surface area contributed by atoms with Gasteiger partial charge in [-0.25, -0.2) is 17.7 Å². The highest BCUT2D eigenvalue weighted by molar-refractivity contribution is 7.89. The highest BCUT2D eigenvalue weighted by Crippen LogP contribution is 2.33. The van der Waals surface area contributed by atoms with Crippen LogP contribution in [0.25, 0.3) is 0 Å². The van der Waals surface area contributed by atoms with Crippen LogP contribution in [-0.2, 0) is 33.5 Å². The van der Waals surface area contributed by atoms with Crippen LogP contribution in [0.4, 0.5) is 10.8 Å². The summed E-state index contributed by atoms with van der Waals surface area (Å²) in [6.45, 7) is 3.30. The summed E-state index contributed by atoms with van der Waals surface area (Å²) in [5.41, 5.74) is 3.04. The van der Waals surface area contributed by atoms with Crippen LogP contribution in [0, 0.1) is 0 Å². The van der Waals surface area contributed by atoms with E-state index in [0.717, 1.165) is 22.0 Å². The molecule has 2 aromatic carbocycles. The van der Waals surface area contributed by atoms with E-state index in [4.69, 9.17) is 0 Å². The number of fused-ring (bicyclic) bond motifs is 1. The summed E-state index contributed by atoms with van der Waals surface area (Å²) in [7, 11) is -3.81. The highest BCUT2D eigenvalue weighted by atomic mass is 32.2. The summed E-state index contributed by atoms with van der Waals surface area (Å²) >= 11 is 1.24. The molecule has 9 heteroatoms. The number of para-hydroxylation sites is 1. The van der Waals surface area contributed by atoms with Gasteiger partial charge in [-0.2, -0.15) is 0 Å². The molecule has 4 rings (SSSR count). The summed E-state index contributed by atoms with van der Waals surface area (Å²) in [5, 5.41) is 2.12. The Kier molecular flexibility index (Phi) is 5.63. The SMILES string of the molecule is CCc1ccccc1N(C(C)=O)c1nc(CN2C(=O)c3ccccc3CS2(=O)=O)cs1. The molecule has 0 aliphatic carbocycles. The lowest BCUT2D eigenvalue weighted by atomic mass is 10.1. The number of aryl methyl sites for hydroxylation is 1. The van der Waals surface area contributed by atoms with E-state index in [1.807, 2.05) is 31.2 Å². The second-order valence-electron chi connectivity index (χ2n) is 7.18. The largest absolute Gasteiger partial charge is 0.274 e. The summed E-state index contributed by atoms with van der Waals surface area (Å²) in [4.78, 5) is 31.3. The molecular weight excluding hydrogens is 434 g/mol. The van der Waals surface area contributed by atoms with Gasteiger partial charge in [0.05, 0.1) is 23.7 Å². The van der Waals surface area contributed by atoms with Gasteiger partial charge in [0.1, 0.15) is 0 Å². The van der Waals surface area contributed by atoms with Crippen LogP contribution in [-0.4, -0.2) is 29.5 Å². The number of aromatic nitrogens is 1. The number of sulfonamides is 1. The maximum Gasteiger partial charge on any atom is 0.268 e. The molecule has 0 fully saturated rings. The lowest BCUT2D eigenvalue weighted by molar-refractivity contribution is -0.115. The zero-order valence-corrected chi connectivity index (χ0v) is 18.7. The Hall–Kier alpha value is -3.04. The molecule has 7 nitrogen and oxygen atoms in total. The van der Waals surface area contributed by atoms with Crippen molar-refractivity contribution in [3.8, 4) is 0 Å². The molecule has 3 aromatic rings. The lowest BCUT2D eigenvalue weighted by Crippen LogP contribution is -2.41. The Morgan fingerprint density at radius 3 is 2.61 bits per heavy atom. The summed E-state index contributed by atoms with van der Waals surface area (Å²) < 4.78 is 26.3. The van der Waals surface area contributed by atoms with Gasteiger partial charge in [-0.15, -0.1) is 11.3 Å². The molecule has 1 aliphatic rings. The number of hydrogen-bond donors (Lipinski definition) is 0. The zero-order valence-electron chi connectivity index (χ0n) is 17.1. The molecule has 0 unspecified atom stereocenters. The molecule has 0 saturated heterocycles. The fourth-order valence-electron chi connectivity index (χ4n) is 3.61. The quantitative estimate of drug-likeness (QED) is 0.583. The van der Waals surface area contributed by atoms with E-state index in [2.05, 4.69) is 4.98 Å². The molecule has 160 valence electrons. The van der Waals surface area contributed by atoms with Gasteiger partial charge in [-0.3, -0.25) is 14.5 Å². The van der Waals surface area contributed by atoms with Crippen molar-refractivity contribution < 1.29 is 18.0 Å². The number of carbonyl (C=O) groups is 2. The predicted octanol–water partition coefficient (Wildman–Crippen LogP) is 3.88. The van der Waals surface area contributed by atoms with Crippen LogP contribution in [0.5, 0.6) is 0 Å². The van der Waals surface area contributed by atoms with Gasteiger partial charge >= 0.3 is 0 Å². The Morgan fingerprint density at radius 2 is 1.87 bits per heavy atom. The van der Waals surface area contributed by atoms with Gasteiger partial charge in [0.25, 0.3) is 5.91 Å². The van der Waals surface area contributed by atoms with Gasteiger partial charge in [-0.1, -0.05) is 43.3 Å². The van der Waals surface area contributed by atoms with Crippen molar-refractivity contribution in [1.29, 1.82) is 0 Å². The van der Waals surface area contributed by atoms with Gasteiger partial charge < -0.3 is 0 Å². The first-order valence-electron chi connectivity index (χ1n) is 9.77. The summed E-state index contributed by atoms with van der Waals surface area (Å²) in [5.74, 6) is -0.983. The number of amides is 2. The van der Waals surface area contributed by atoms with Crippen molar-refractivity contribution in [3.05, 3.63) is 76.3 Å². The first-order chi connectivity index (χ1) is 14.8. The van der Waals surface area contributed by atoms with Gasteiger partial charge in [-0.05, 0) is 29.7 Å². The molecule has 0 atom stereocenters. The Balaban J connectivity index is 1.66. The minimum Gasteiger partial charge on any atom is -0.274 e. The number of carbonyl (C=O) groups excluding carboxylic acids is 2. The van der Waals surface area contributed by atoms with Crippen molar-refractivity contribution in [2.24, 2.45) is 0 Å². The maximum atomic E-state index is 12.8. The first kappa shape index (κ1) is 21.2. The second-order valence-corrected chi connectivity index (χ2v) is 9.91. The third-order valence-electron chi connectivity index (χ3n) is 5.11. The molecule has 0 N–H and O–H groups in total.